The molecule has 1 saturated heterocycles. The predicted molar refractivity (Wildman–Crippen MR) is 115 cm³/mol. The number of aryl methyl sites for hydroxylation is 1. The molecule has 0 saturated carbocycles. The number of sulfonamides is 1. The first-order chi connectivity index (χ1) is 14.9. The van der Waals surface area contributed by atoms with Gasteiger partial charge in [-0.1, -0.05) is 0 Å². The number of ether oxygens (including phenoxy) is 1. The van der Waals surface area contributed by atoms with E-state index in [0.29, 0.717) is 46.0 Å². The molecule has 0 amide bonds. The SMILES string of the molecule is Cn1c(=O)c2sccc2n2c(COC(=O)c3ccc(N4CCCS4(=O)=O)cc3)nnc12. The maximum atomic E-state index is 12.5. The van der Waals surface area contributed by atoms with Gasteiger partial charge in [-0.15, -0.1) is 21.5 Å². The summed E-state index contributed by atoms with van der Waals surface area (Å²) >= 11 is 1.32. The van der Waals surface area contributed by atoms with Gasteiger partial charge in [0.05, 0.1) is 22.5 Å². The standard InChI is InChI=1S/C19H17N5O5S2/c1-22-17(25)16-14(7-9-30-16)24-15(20-21-19(22)24)11-29-18(26)12-3-5-13(6-4-12)23-8-2-10-31(23,27)28/h3-7,9H,2,8,10-11H2,1H3. The summed E-state index contributed by atoms with van der Waals surface area (Å²) in [5, 5.41) is 9.95. The van der Waals surface area contributed by atoms with Crippen molar-refractivity contribution in [2.45, 2.75) is 13.0 Å². The van der Waals surface area contributed by atoms with Crippen LogP contribution in [-0.4, -0.2) is 45.8 Å². The highest BCUT2D eigenvalue weighted by Gasteiger charge is 2.28. The molecule has 1 aliphatic heterocycles. The first-order valence-electron chi connectivity index (χ1n) is 9.44. The van der Waals surface area contributed by atoms with Crippen LogP contribution < -0.4 is 9.86 Å². The molecule has 0 spiro atoms. The number of anilines is 1. The fourth-order valence-corrected chi connectivity index (χ4v) is 6.07. The van der Waals surface area contributed by atoms with E-state index < -0.39 is 16.0 Å². The molecule has 0 radical (unpaired) electrons. The van der Waals surface area contributed by atoms with E-state index in [1.165, 1.54) is 32.3 Å². The molecule has 0 aliphatic carbocycles. The third-order valence-electron chi connectivity index (χ3n) is 5.22. The molecule has 0 bridgehead atoms. The molecule has 31 heavy (non-hydrogen) atoms. The lowest BCUT2D eigenvalue weighted by Gasteiger charge is -2.16. The van der Waals surface area contributed by atoms with E-state index in [9.17, 15) is 18.0 Å². The maximum absolute atomic E-state index is 12.5. The first kappa shape index (κ1) is 19.7. The zero-order valence-electron chi connectivity index (χ0n) is 16.4. The summed E-state index contributed by atoms with van der Waals surface area (Å²) in [6, 6.07) is 8.06. The molecule has 1 aliphatic rings. The smallest absolute Gasteiger partial charge is 0.338 e. The van der Waals surface area contributed by atoms with Crippen molar-refractivity contribution in [2.75, 3.05) is 16.6 Å². The molecule has 1 fully saturated rings. The van der Waals surface area contributed by atoms with Crippen molar-refractivity contribution in [2.24, 2.45) is 7.05 Å². The minimum atomic E-state index is -3.28. The van der Waals surface area contributed by atoms with Crippen molar-refractivity contribution in [3.05, 3.63) is 57.5 Å². The van der Waals surface area contributed by atoms with E-state index in [-0.39, 0.29) is 17.9 Å². The summed E-state index contributed by atoms with van der Waals surface area (Å²) in [5.41, 5.74) is 1.32. The highest BCUT2D eigenvalue weighted by atomic mass is 32.2. The van der Waals surface area contributed by atoms with Crippen LogP contribution in [0, 0.1) is 0 Å². The average Bonchev–Trinajstić information content (AvgIpc) is 3.48. The molecule has 3 aromatic heterocycles. The number of benzene rings is 1. The van der Waals surface area contributed by atoms with Crippen LogP contribution in [0.4, 0.5) is 5.69 Å². The maximum Gasteiger partial charge on any atom is 0.338 e. The molecular formula is C19H17N5O5S2. The van der Waals surface area contributed by atoms with Crippen LogP contribution in [0.15, 0.2) is 40.5 Å². The Morgan fingerprint density at radius 1 is 1.19 bits per heavy atom. The third-order valence-corrected chi connectivity index (χ3v) is 7.98. The summed E-state index contributed by atoms with van der Waals surface area (Å²) in [4.78, 5) is 24.9. The summed E-state index contributed by atoms with van der Waals surface area (Å²) in [6.45, 7) is 0.303. The predicted octanol–water partition coefficient (Wildman–Crippen LogP) is 1.54. The van der Waals surface area contributed by atoms with Gasteiger partial charge in [0.1, 0.15) is 4.70 Å². The largest absolute Gasteiger partial charge is 0.454 e. The number of esters is 1. The molecular weight excluding hydrogens is 442 g/mol. The van der Waals surface area contributed by atoms with Gasteiger partial charge < -0.3 is 4.74 Å². The Balaban J connectivity index is 1.38. The van der Waals surface area contributed by atoms with E-state index in [2.05, 4.69) is 10.2 Å². The van der Waals surface area contributed by atoms with Gasteiger partial charge in [0.15, 0.2) is 12.4 Å². The summed E-state index contributed by atoms with van der Waals surface area (Å²) in [7, 11) is -1.66. The van der Waals surface area contributed by atoms with E-state index in [4.69, 9.17) is 4.74 Å². The van der Waals surface area contributed by atoms with E-state index in [1.54, 1.807) is 29.6 Å². The Bertz CT molecular complexity index is 1480. The molecule has 0 atom stereocenters. The number of hydrogen-bond donors (Lipinski definition) is 0. The fraction of sp³-hybridized carbons (Fsp3) is 0.263. The second-order valence-corrected chi connectivity index (χ2v) is 10.0. The molecule has 0 unspecified atom stereocenters. The molecule has 4 aromatic rings. The quantitative estimate of drug-likeness (QED) is 0.425. The van der Waals surface area contributed by atoms with Crippen LogP contribution in [0.3, 0.4) is 0 Å². The lowest BCUT2D eigenvalue weighted by atomic mass is 10.2. The van der Waals surface area contributed by atoms with Gasteiger partial charge in [0.2, 0.25) is 15.8 Å². The lowest BCUT2D eigenvalue weighted by Crippen LogP contribution is -2.25. The van der Waals surface area contributed by atoms with E-state index >= 15 is 0 Å². The molecule has 12 heteroatoms. The monoisotopic (exact) mass is 459 g/mol. The Hall–Kier alpha value is -3.25. The number of fused-ring (bicyclic) bond motifs is 3. The Morgan fingerprint density at radius 3 is 2.68 bits per heavy atom. The molecule has 5 rings (SSSR count). The number of rotatable bonds is 4. The van der Waals surface area contributed by atoms with Gasteiger partial charge in [-0.05, 0) is 42.1 Å². The van der Waals surface area contributed by atoms with Gasteiger partial charge in [-0.25, -0.2) is 13.2 Å². The van der Waals surface area contributed by atoms with Crippen LogP contribution >= 0.6 is 11.3 Å². The summed E-state index contributed by atoms with van der Waals surface area (Å²) in [5.74, 6) is 0.311. The van der Waals surface area contributed by atoms with Crippen LogP contribution in [0.5, 0.6) is 0 Å². The van der Waals surface area contributed by atoms with Gasteiger partial charge in [-0.2, -0.15) is 0 Å². The number of nitrogens with zero attached hydrogens (tertiary/aromatic N) is 5. The Morgan fingerprint density at radius 2 is 1.97 bits per heavy atom. The highest BCUT2D eigenvalue weighted by Crippen LogP contribution is 2.24. The van der Waals surface area contributed by atoms with Crippen LogP contribution in [0.25, 0.3) is 16.0 Å². The highest BCUT2D eigenvalue weighted by molar-refractivity contribution is 7.93. The van der Waals surface area contributed by atoms with E-state index in [1.807, 2.05) is 5.38 Å². The van der Waals surface area contributed by atoms with Crippen molar-refractivity contribution in [3.8, 4) is 0 Å². The minimum Gasteiger partial charge on any atom is -0.454 e. The number of aromatic nitrogens is 4. The average molecular weight is 460 g/mol. The van der Waals surface area contributed by atoms with Crippen molar-refractivity contribution in [3.63, 3.8) is 0 Å². The third kappa shape index (κ3) is 3.18. The molecule has 0 N–H and O–H groups in total. The second kappa shape index (κ2) is 7.17. The molecule has 1 aromatic carbocycles. The topological polar surface area (TPSA) is 116 Å². The van der Waals surface area contributed by atoms with Crippen LogP contribution in [0.2, 0.25) is 0 Å². The van der Waals surface area contributed by atoms with Crippen molar-refractivity contribution < 1.29 is 17.9 Å². The van der Waals surface area contributed by atoms with Crippen LogP contribution in [0.1, 0.15) is 22.6 Å². The number of thiophene rings is 1. The van der Waals surface area contributed by atoms with Crippen molar-refractivity contribution in [1.29, 1.82) is 0 Å². The zero-order valence-corrected chi connectivity index (χ0v) is 18.0. The number of hydrogen-bond acceptors (Lipinski definition) is 8. The summed E-state index contributed by atoms with van der Waals surface area (Å²) in [6.07, 6.45) is 0.585. The second-order valence-electron chi connectivity index (χ2n) is 7.12. The summed E-state index contributed by atoms with van der Waals surface area (Å²) < 4.78 is 34.5. The Kier molecular flexibility index (Phi) is 4.55. The normalized spacial score (nSPS) is 15.7. The number of carbonyl (C=O) groups is 1. The zero-order chi connectivity index (χ0) is 21.8. The molecule has 160 valence electrons. The lowest BCUT2D eigenvalue weighted by molar-refractivity contribution is 0.0461. The van der Waals surface area contributed by atoms with Gasteiger partial charge >= 0.3 is 5.97 Å². The molecule has 4 heterocycles. The van der Waals surface area contributed by atoms with Gasteiger partial charge in [-0.3, -0.25) is 18.1 Å². The molecule has 10 nitrogen and oxygen atoms in total. The van der Waals surface area contributed by atoms with Crippen molar-refractivity contribution >= 4 is 49.0 Å². The fourth-order valence-electron chi connectivity index (χ4n) is 3.65. The first-order valence-corrected chi connectivity index (χ1v) is 11.9. The number of carbonyl (C=O) groups excluding carboxylic acids is 1. The van der Waals surface area contributed by atoms with Gasteiger partial charge in [0.25, 0.3) is 5.56 Å². The van der Waals surface area contributed by atoms with E-state index in [0.717, 1.165) is 0 Å². The van der Waals surface area contributed by atoms with Crippen molar-refractivity contribution in [1.82, 2.24) is 19.2 Å². The van der Waals surface area contributed by atoms with Crippen LogP contribution in [-0.2, 0) is 28.4 Å². The minimum absolute atomic E-state index is 0.131. The van der Waals surface area contributed by atoms with Gasteiger partial charge in [0, 0.05) is 13.6 Å². The Labute approximate surface area is 180 Å².